The van der Waals surface area contributed by atoms with Gasteiger partial charge in [0.05, 0.1) is 5.69 Å². The molecule has 0 spiro atoms. The number of nitrogens with two attached hydrogens (primary N) is 1. The molecule has 1 aromatic rings. The molecule has 1 atom stereocenters. The van der Waals surface area contributed by atoms with Crippen molar-refractivity contribution >= 4 is 17.8 Å². The Bertz CT molecular complexity index is 515. The highest BCUT2D eigenvalue weighted by atomic mass is 16.5. The molecule has 1 aliphatic rings. The van der Waals surface area contributed by atoms with Crippen LogP contribution in [0.4, 0.5) is 5.88 Å². The molecule has 1 aromatic heterocycles. The van der Waals surface area contributed by atoms with Crippen molar-refractivity contribution in [3.8, 4) is 0 Å². The van der Waals surface area contributed by atoms with Gasteiger partial charge >= 0.3 is 5.97 Å². The van der Waals surface area contributed by atoms with Crippen LogP contribution in [0.5, 0.6) is 0 Å². The fraction of sp³-hybridized carbons (Fsp3) is 0.667. The summed E-state index contributed by atoms with van der Waals surface area (Å²) in [6.07, 6.45) is 5.12. The summed E-state index contributed by atoms with van der Waals surface area (Å²) in [5.41, 5.74) is 5.94. The minimum Gasteiger partial charge on any atom is -0.449 e. The highest BCUT2D eigenvalue weighted by molar-refractivity contribution is 5.96. The lowest BCUT2D eigenvalue weighted by Crippen LogP contribution is -2.38. The van der Waals surface area contributed by atoms with Crippen molar-refractivity contribution in [2.45, 2.75) is 52.1 Å². The first-order chi connectivity index (χ1) is 10.5. The molecule has 1 fully saturated rings. The van der Waals surface area contributed by atoms with Gasteiger partial charge in [-0.1, -0.05) is 24.4 Å². The first kappa shape index (κ1) is 16.3. The van der Waals surface area contributed by atoms with Crippen LogP contribution in [0.15, 0.2) is 4.52 Å². The van der Waals surface area contributed by atoms with Gasteiger partial charge in [-0.05, 0) is 32.6 Å². The number of esters is 1. The van der Waals surface area contributed by atoms with Crippen molar-refractivity contribution in [3.05, 3.63) is 11.3 Å². The van der Waals surface area contributed by atoms with E-state index in [4.69, 9.17) is 15.0 Å². The van der Waals surface area contributed by atoms with Gasteiger partial charge in [0.2, 0.25) is 5.88 Å². The third-order valence-corrected chi connectivity index (χ3v) is 4.04. The summed E-state index contributed by atoms with van der Waals surface area (Å²) in [5, 5.41) is 6.43. The van der Waals surface area contributed by atoms with Crippen LogP contribution in [0.25, 0.3) is 0 Å². The lowest BCUT2D eigenvalue weighted by Gasteiger charge is -2.22. The highest BCUT2D eigenvalue weighted by Crippen LogP contribution is 2.22. The number of ether oxygens (including phenoxy) is 1. The Kier molecular flexibility index (Phi) is 5.41. The van der Waals surface area contributed by atoms with Gasteiger partial charge in [0.1, 0.15) is 5.56 Å². The molecule has 0 bridgehead atoms. The molecule has 7 heteroatoms. The molecule has 0 aromatic carbocycles. The molecular weight excluding hydrogens is 286 g/mol. The number of aryl methyl sites for hydroxylation is 1. The van der Waals surface area contributed by atoms with Gasteiger partial charge < -0.3 is 20.3 Å². The molecule has 1 saturated carbocycles. The Hall–Kier alpha value is -2.05. The van der Waals surface area contributed by atoms with E-state index in [-0.39, 0.29) is 17.4 Å². The molecule has 122 valence electrons. The summed E-state index contributed by atoms with van der Waals surface area (Å²) in [6, 6.07) is 0. The Balaban J connectivity index is 1.82. The number of hydrogen-bond acceptors (Lipinski definition) is 6. The van der Waals surface area contributed by atoms with E-state index < -0.39 is 12.1 Å². The minimum absolute atomic E-state index is 0.0759. The van der Waals surface area contributed by atoms with E-state index in [1.807, 2.05) is 0 Å². The molecule has 0 aliphatic heterocycles. The summed E-state index contributed by atoms with van der Waals surface area (Å²) in [4.78, 5) is 24.0. The van der Waals surface area contributed by atoms with Crippen molar-refractivity contribution in [2.24, 2.45) is 5.92 Å². The number of carbonyl (C=O) groups excluding carboxylic acids is 2. The number of nitrogen functional groups attached to an aromatic ring is 1. The zero-order chi connectivity index (χ0) is 16.1. The van der Waals surface area contributed by atoms with Crippen LogP contribution in [0.2, 0.25) is 0 Å². The molecule has 2 rings (SSSR count). The third kappa shape index (κ3) is 3.99. The largest absolute Gasteiger partial charge is 0.449 e. The summed E-state index contributed by atoms with van der Waals surface area (Å²) >= 11 is 0. The minimum atomic E-state index is -0.884. The van der Waals surface area contributed by atoms with E-state index in [0.29, 0.717) is 18.2 Å². The SMILES string of the molecule is Cc1noc(N)c1C(=O)OC(C)C(=O)NCC1CCCCC1. The number of anilines is 1. The number of amides is 1. The predicted octanol–water partition coefficient (Wildman–Crippen LogP) is 1.81. The van der Waals surface area contributed by atoms with Gasteiger partial charge in [0, 0.05) is 6.54 Å². The number of aromatic nitrogens is 1. The number of carbonyl (C=O) groups is 2. The number of rotatable bonds is 5. The fourth-order valence-corrected chi connectivity index (χ4v) is 2.69. The molecule has 1 unspecified atom stereocenters. The van der Waals surface area contributed by atoms with Gasteiger partial charge in [0.25, 0.3) is 5.91 Å². The maximum atomic E-state index is 12.0. The predicted molar refractivity (Wildman–Crippen MR) is 80.1 cm³/mol. The van der Waals surface area contributed by atoms with E-state index in [2.05, 4.69) is 10.5 Å². The van der Waals surface area contributed by atoms with Crippen LogP contribution < -0.4 is 11.1 Å². The standard InChI is InChI=1S/C15H23N3O4/c1-9-12(13(16)22-18-9)15(20)21-10(2)14(19)17-8-11-6-4-3-5-7-11/h10-11H,3-8,16H2,1-2H3,(H,17,19). The monoisotopic (exact) mass is 309 g/mol. The number of hydrogen-bond donors (Lipinski definition) is 2. The average molecular weight is 309 g/mol. The first-order valence-corrected chi connectivity index (χ1v) is 7.69. The summed E-state index contributed by atoms with van der Waals surface area (Å²) in [7, 11) is 0. The second-order valence-electron chi connectivity index (χ2n) is 5.80. The second-order valence-corrected chi connectivity index (χ2v) is 5.80. The van der Waals surface area contributed by atoms with Crippen LogP contribution in [0.1, 0.15) is 55.1 Å². The fourth-order valence-electron chi connectivity index (χ4n) is 2.69. The zero-order valence-electron chi connectivity index (χ0n) is 13.1. The summed E-state index contributed by atoms with van der Waals surface area (Å²) in [5.74, 6) is -0.572. The quantitative estimate of drug-likeness (QED) is 0.803. The van der Waals surface area contributed by atoms with Crippen molar-refractivity contribution < 1.29 is 18.8 Å². The third-order valence-electron chi connectivity index (χ3n) is 4.04. The van der Waals surface area contributed by atoms with Crippen molar-refractivity contribution in [3.63, 3.8) is 0 Å². The Morgan fingerprint density at radius 3 is 2.68 bits per heavy atom. The zero-order valence-corrected chi connectivity index (χ0v) is 13.1. The highest BCUT2D eigenvalue weighted by Gasteiger charge is 2.25. The van der Waals surface area contributed by atoms with Crippen molar-refractivity contribution in [1.29, 1.82) is 0 Å². The topological polar surface area (TPSA) is 107 Å². The maximum absolute atomic E-state index is 12.0. The lowest BCUT2D eigenvalue weighted by atomic mass is 9.89. The van der Waals surface area contributed by atoms with E-state index in [9.17, 15) is 9.59 Å². The van der Waals surface area contributed by atoms with Gasteiger partial charge in [-0.2, -0.15) is 0 Å². The Morgan fingerprint density at radius 2 is 2.09 bits per heavy atom. The lowest BCUT2D eigenvalue weighted by molar-refractivity contribution is -0.129. The molecule has 0 saturated heterocycles. The molecule has 22 heavy (non-hydrogen) atoms. The van der Waals surface area contributed by atoms with Crippen LogP contribution in [-0.2, 0) is 9.53 Å². The molecule has 1 aliphatic carbocycles. The van der Waals surface area contributed by atoms with Crippen LogP contribution in [-0.4, -0.2) is 29.7 Å². The van der Waals surface area contributed by atoms with Crippen LogP contribution >= 0.6 is 0 Å². The van der Waals surface area contributed by atoms with E-state index in [1.165, 1.54) is 26.2 Å². The summed E-state index contributed by atoms with van der Waals surface area (Å²) in [6.45, 7) is 3.76. The van der Waals surface area contributed by atoms with Crippen molar-refractivity contribution in [1.82, 2.24) is 10.5 Å². The van der Waals surface area contributed by atoms with Gasteiger partial charge in [-0.25, -0.2) is 4.79 Å². The van der Waals surface area contributed by atoms with E-state index in [1.54, 1.807) is 6.92 Å². The van der Waals surface area contributed by atoms with Gasteiger partial charge in [-0.15, -0.1) is 0 Å². The normalized spacial score (nSPS) is 17.0. The molecule has 1 heterocycles. The number of nitrogens with zero attached hydrogens (tertiary/aromatic N) is 1. The molecular formula is C15H23N3O4. The van der Waals surface area contributed by atoms with Gasteiger partial charge in [-0.3, -0.25) is 4.79 Å². The molecule has 1 amide bonds. The Morgan fingerprint density at radius 1 is 1.41 bits per heavy atom. The average Bonchev–Trinajstić information content (AvgIpc) is 2.84. The first-order valence-electron chi connectivity index (χ1n) is 7.69. The van der Waals surface area contributed by atoms with Gasteiger partial charge in [0.15, 0.2) is 6.10 Å². The van der Waals surface area contributed by atoms with Crippen LogP contribution in [0.3, 0.4) is 0 Å². The smallest absolute Gasteiger partial charge is 0.346 e. The maximum Gasteiger partial charge on any atom is 0.346 e. The molecule has 0 radical (unpaired) electrons. The van der Waals surface area contributed by atoms with Crippen LogP contribution in [0, 0.1) is 12.8 Å². The summed E-state index contributed by atoms with van der Waals surface area (Å²) < 4.78 is 9.84. The van der Waals surface area contributed by atoms with E-state index >= 15 is 0 Å². The Labute approximate surface area is 129 Å². The second kappa shape index (κ2) is 7.29. The van der Waals surface area contributed by atoms with E-state index in [0.717, 1.165) is 12.8 Å². The molecule has 3 N–H and O–H groups in total. The number of nitrogens with one attached hydrogen (secondary N) is 1. The van der Waals surface area contributed by atoms with Crippen molar-refractivity contribution in [2.75, 3.05) is 12.3 Å². The molecule has 7 nitrogen and oxygen atoms in total.